The molecule has 0 radical (unpaired) electrons. The second-order valence-electron chi connectivity index (χ2n) is 4.99. The Labute approximate surface area is 89.2 Å². The van der Waals surface area contributed by atoms with Gasteiger partial charge in [-0.3, -0.25) is 4.79 Å². The molecule has 2 bridgehead atoms. The zero-order valence-electron chi connectivity index (χ0n) is 9.04. The highest BCUT2D eigenvalue weighted by atomic mass is 16.5. The van der Waals surface area contributed by atoms with Crippen LogP contribution >= 0.6 is 0 Å². The van der Waals surface area contributed by atoms with E-state index in [0.717, 1.165) is 24.2 Å². The van der Waals surface area contributed by atoms with Crippen molar-refractivity contribution in [2.75, 3.05) is 0 Å². The van der Waals surface area contributed by atoms with E-state index in [-0.39, 0.29) is 11.2 Å². The fourth-order valence-electron chi connectivity index (χ4n) is 2.91. The number of hydrogen-bond donors (Lipinski definition) is 0. The van der Waals surface area contributed by atoms with Crippen LogP contribution < -0.4 is 4.74 Å². The Bertz CT molecular complexity index is 452. The van der Waals surface area contributed by atoms with E-state index in [1.54, 1.807) is 0 Å². The van der Waals surface area contributed by atoms with Gasteiger partial charge >= 0.3 is 0 Å². The van der Waals surface area contributed by atoms with Crippen LogP contribution in [0.2, 0.25) is 0 Å². The molecule has 2 heteroatoms. The maximum absolute atomic E-state index is 12.3. The molecule has 1 fully saturated rings. The third kappa shape index (κ3) is 0.921. The Morgan fingerprint density at radius 2 is 1.93 bits per heavy atom. The van der Waals surface area contributed by atoms with Crippen LogP contribution in [0, 0.1) is 0 Å². The molecule has 1 saturated carbocycles. The van der Waals surface area contributed by atoms with Crippen LogP contribution in [0.4, 0.5) is 0 Å². The predicted molar refractivity (Wildman–Crippen MR) is 57.1 cm³/mol. The number of para-hydroxylation sites is 1. The molecule has 3 rings (SSSR count). The summed E-state index contributed by atoms with van der Waals surface area (Å²) in [5.41, 5.74) is 0.164. The monoisotopic (exact) mass is 202 g/mol. The number of benzene rings is 1. The Balaban J connectivity index is 2.28. The van der Waals surface area contributed by atoms with Gasteiger partial charge < -0.3 is 4.74 Å². The summed E-state index contributed by atoms with van der Waals surface area (Å²) in [6, 6.07) is 7.91. The first kappa shape index (κ1) is 8.96. The maximum Gasteiger partial charge on any atom is 0.186 e. The molecule has 0 spiro atoms. The minimum atomic E-state index is -0.580. The predicted octanol–water partition coefficient (Wildman–Crippen LogP) is 2.46. The molecule has 1 aromatic rings. The molecule has 1 aliphatic heterocycles. The van der Waals surface area contributed by atoms with Crippen LogP contribution in [0.5, 0.6) is 5.75 Å². The maximum atomic E-state index is 12.3. The second kappa shape index (κ2) is 2.43. The van der Waals surface area contributed by atoms with Crippen LogP contribution in [0.1, 0.15) is 32.3 Å². The number of ether oxygens (including phenoxy) is 1. The van der Waals surface area contributed by atoms with E-state index in [2.05, 4.69) is 0 Å². The topological polar surface area (TPSA) is 26.3 Å². The Morgan fingerprint density at radius 3 is 2.73 bits per heavy atom. The van der Waals surface area contributed by atoms with E-state index in [0.29, 0.717) is 0 Å². The van der Waals surface area contributed by atoms with Crippen LogP contribution in [-0.2, 0) is 10.2 Å². The van der Waals surface area contributed by atoms with Gasteiger partial charge in [0.25, 0.3) is 0 Å². The van der Waals surface area contributed by atoms with E-state index in [1.807, 2.05) is 38.1 Å². The van der Waals surface area contributed by atoms with E-state index >= 15 is 0 Å². The van der Waals surface area contributed by atoms with Crippen LogP contribution in [-0.4, -0.2) is 11.4 Å². The van der Waals surface area contributed by atoms with E-state index < -0.39 is 5.60 Å². The first-order chi connectivity index (χ1) is 7.06. The van der Waals surface area contributed by atoms with Gasteiger partial charge in [-0.25, -0.2) is 0 Å². The summed E-state index contributed by atoms with van der Waals surface area (Å²) in [7, 11) is 0. The summed E-state index contributed by atoms with van der Waals surface area (Å²) >= 11 is 0. The molecular formula is C13H14O2. The summed E-state index contributed by atoms with van der Waals surface area (Å²) < 4.78 is 5.84. The second-order valence-corrected chi connectivity index (χ2v) is 4.99. The minimum absolute atomic E-state index is 0.244. The molecule has 2 aliphatic rings. The van der Waals surface area contributed by atoms with Gasteiger partial charge in [0.1, 0.15) is 5.75 Å². The van der Waals surface area contributed by atoms with Gasteiger partial charge in [0.15, 0.2) is 11.4 Å². The third-order valence-electron chi connectivity index (χ3n) is 3.90. The van der Waals surface area contributed by atoms with Gasteiger partial charge in [0.05, 0.1) is 5.41 Å². The third-order valence-corrected chi connectivity index (χ3v) is 3.90. The summed E-state index contributed by atoms with van der Waals surface area (Å²) in [5, 5.41) is 0. The molecule has 0 unspecified atom stereocenters. The largest absolute Gasteiger partial charge is 0.479 e. The number of ketones is 1. The summed E-state index contributed by atoms with van der Waals surface area (Å²) in [6.07, 6.45) is 1.73. The van der Waals surface area contributed by atoms with Crippen molar-refractivity contribution in [1.82, 2.24) is 0 Å². The summed E-state index contributed by atoms with van der Waals surface area (Å²) in [6.45, 7) is 3.96. The lowest BCUT2D eigenvalue weighted by molar-refractivity contribution is -0.135. The zero-order chi connectivity index (χ0) is 10.7. The van der Waals surface area contributed by atoms with E-state index in [9.17, 15) is 4.79 Å². The number of Topliss-reactive ketones (excluding diaryl/α,β-unsaturated/α-hetero) is 1. The van der Waals surface area contributed by atoms with Gasteiger partial charge in [0.2, 0.25) is 0 Å². The van der Waals surface area contributed by atoms with Gasteiger partial charge in [0, 0.05) is 5.56 Å². The number of hydrogen-bond acceptors (Lipinski definition) is 2. The van der Waals surface area contributed by atoms with Crippen molar-refractivity contribution in [3.8, 4) is 5.75 Å². The average molecular weight is 202 g/mol. The molecule has 2 nitrogen and oxygen atoms in total. The molecule has 15 heavy (non-hydrogen) atoms. The molecule has 1 aromatic carbocycles. The minimum Gasteiger partial charge on any atom is -0.479 e. The van der Waals surface area contributed by atoms with Crippen LogP contribution in [0.3, 0.4) is 0 Å². The van der Waals surface area contributed by atoms with Gasteiger partial charge in [-0.2, -0.15) is 0 Å². The molecular weight excluding hydrogens is 188 g/mol. The van der Waals surface area contributed by atoms with Gasteiger partial charge in [-0.05, 0) is 32.8 Å². The quantitative estimate of drug-likeness (QED) is 0.646. The zero-order valence-corrected chi connectivity index (χ0v) is 9.04. The van der Waals surface area contributed by atoms with Gasteiger partial charge in [-0.1, -0.05) is 18.2 Å². The molecule has 0 aromatic heterocycles. The van der Waals surface area contributed by atoms with Gasteiger partial charge in [-0.15, -0.1) is 0 Å². The Hall–Kier alpha value is -1.31. The summed E-state index contributed by atoms with van der Waals surface area (Å²) in [4.78, 5) is 12.3. The molecule has 0 N–H and O–H groups in total. The number of carbonyl (C=O) groups is 1. The van der Waals surface area contributed by atoms with Crippen molar-refractivity contribution in [2.45, 2.75) is 37.7 Å². The highest BCUT2D eigenvalue weighted by Crippen LogP contribution is 2.51. The van der Waals surface area contributed by atoms with Crippen molar-refractivity contribution in [3.05, 3.63) is 29.8 Å². The van der Waals surface area contributed by atoms with Crippen LogP contribution in [0.15, 0.2) is 24.3 Å². The number of rotatable bonds is 0. The smallest absolute Gasteiger partial charge is 0.186 e. The number of carbonyl (C=O) groups excluding carboxylic acids is 1. The van der Waals surface area contributed by atoms with Crippen molar-refractivity contribution in [3.63, 3.8) is 0 Å². The lowest BCUT2D eigenvalue weighted by Gasteiger charge is -2.35. The van der Waals surface area contributed by atoms with Crippen molar-refractivity contribution in [2.24, 2.45) is 0 Å². The molecule has 0 amide bonds. The molecule has 1 aliphatic carbocycles. The average Bonchev–Trinajstić information content (AvgIpc) is 2.40. The van der Waals surface area contributed by atoms with Crippen molar-refractivity contribution >= 4 is 5.78 Å². The van der Waals surface area contributed by atoms with E-state index in [4.69, 9.17) is 4.74 Å². The highest BCUT2D eigenvalue weighted by molar-refractivity contribution is 6.00. The first-order valence-corrected chi connectivity index (χ1v) is 5.40. The summed E-state index contributed by atoms with van der Waals surface area (Å²) in [5.74, 6) is 1.13. The lowest BCUT2D eigenvalue weighted by atomic mass is 9.76. The normalized spacial score (nSPS) is 37.3. The van der Waals surface area contributed by atoms with Crippen molar-refractivity contribution < 1.29 is 9.53 Å². The Morgan fingerprint density at radius 1 is 1.20 bits per heavy atom. The fourth-order valence-corrected chi connectivity index (χ4v) is 2.91. The molecule has 78 valence electrons. The fraction of sp³-hybridized carbons (Fsp3) is 0.462. The van der Waals surface area contributed by atoms with Crippen LogP contribution in [0.25, 0.3) is 0 Å². The van der Waals surface area contributed by atoms with Crippen molar-refractivity contribution in [1.29, 1.82) is 0 Å². The standard InChI is InChI=1S/C13H14O2/c1-12-7-8-13(2,11(12)14)15-10-6-4-3-5-9(10)12/h3-6H,7-8H2,1-2H3/t12-,13-/m1/s1. The molecule has 2 atom stereocenters. The SMILES string of the molecule is C[C@@]12CC[C@@](C)(C1=O)c1ccccc1O2. The Kier molecular flexibility index (Phi) is 1.45. The molecule has 1 heterocycles. The highest BCUT2D eigenvalue weighted by Gasteiger charge is 2.58. The first-order valence-electron chi connectivity index (χ1n) is 5.40. The lowest BCUT2D eigenvalue weighted by Crippen LogP contribution is -2.47. The van der Waals surface area contributed by atoms with E-state index in [1.165, 1.54) is 0 Å². The molecule has 0 saturated heterocycles. The number of fused-ring (bicyclic) bond motifs is 4.